The second-order valence-electron chi connectivity index (χ2n) is 4.98. The van der Waals surface area contributed by atoms with Gasteiger partial charge in [0.05, 0.1) is 5.69 Å². The van der Waals surface area contributed by atoms with Gasteiger partial charge < -0.3 is 15.2 Å². The standard InChI is InChI=1S/C14H18BrNO3/c1-14(2,3)19-13(18)5-4-8-16-11-9-10(15)6-7-12(11)17/h4-7,9,16-17H,8H2,1-3H3/b5-4+. The molecule has 0 amide bonds. The number of nitrogens with one attached hydrogen (secondary N) is 1. The van der Waals surface area contributed by atoms with Crippen LogP contribution in [0.25, 0.3) is 0 Å². The molecule has 104 valence electrons. The zero-order chi connectivity index (χ0) is 14.5. The van der Waals surface area contributed by atoms with E-state index in [0.29, 0.717) is 12.2 Å². The first-order valence-corrected chi connectivity index (χ1v) is 6.69. The van der Waals surface area contributed by atoms with Gasteiger partial charge in [-0.1, -0.05) is 22.0 Å². The van der Waals surface area contributed by atoms with E-state index in [9.17, 15) is 9.90 Å². The van der Waals surface area contributed by atoms with Crippen molar-refractivity contribution in [3.05, 3.63) is 34.8 Å². The monoisotopic (exact) mass is 327 g/mol. The molecule has 0 radical (unpaired) electrons. The quantitative estimate of drug-likeness (QED) is 0.505. The number of carbonyl (C=O) groups excluding carboxylic acids is 1. The lowest BCUT2D eigenvalue weighted by Gasteiger charge is -2.17. The van der Waals surface area contributed by atoms with Crippen molar-refractivity contribution in [3.8, 4) is 5.75 Å². The first-order chi connectivity index (χ1) is 8.78. The Hall–Kier alpha value is -1.49. The Morgan fingerprint density at radius 3 is 2.79 bits per heavy atom. The fourth-order valence-corrected chi connectivity index (χ4v) is 1.67. The number of hydrogen-bond acceptors (Lipinski definition) is 4. The Balaban J connectivity index is 2.46. The third kappa shape index (κ3) is 6.29. The van der Waals surface area contributed by atoms with E-state index in [0.717, 1.165) is 4.47 Å². The number of carbonyl (C=O) groups is 1. The summed E-state index contributed by atoms with van der Waals surface area (Å²) in [5.74, 6) is -0.221. The van der Waals surface area contributed by atoms with Crippen LogP contribution in [0.1, 0.15) is 20.8 Å². The van der Waals surface area contributed by atoms with E-state index < -0.39 is 5.60 Å². The van der Waals surface area contributed by atoms with Gasteiger partial charge >= 0.3 is 5.97 Å². The molecule has 19 heavy (non-hydrogen) atoms. The highest BCUT2D eigenvalue weighted by atomic mass is 79.9. The van der Waals surface area contributed by atoms with E-state index in [1.807, 2.05) is 20.8 Å². The second kappa shape index (κ2) is 6.61. The largest absolute Gasteiger partial charge is 0.506 e. The van der Waals surface area contributed by atoms with E-state index in [1.165, 1.54) is 6.08 Å². The minimum absolute atomic E-state index is 0.161. The third-order valence-electron chi connectivity index (χ3n) is 2.03. The van der Waals surface area contributed by atoms with Crippen LogP contribution in [-0.2, 0) is 9.53 Å². The summed E-state index contributed by atoms with van der Waals surface area (Å²) in [5.41, 5.74) is 0.112. The topological polar surface area (TPSA) is 58.6 Å². The van der Waals surface area contributed by atoms with Gasteiger partial charge in [0.15, 0.2) is 0 Å². The number of phenols is 1. The average Bonchev–Trinajstić information content (AvgIpc) is 2.26. The maximum Gasteiger partial charge on any atom is 0.331 e. The molecule has 1 rings (SSSR count). The highest BCUT2D eigenvalue weighted by Crippen LogP contribution is 2.26. The summed E-state index contributed by atoms with van der Waals surface area (Å²) < 4.78 is 5.99. The summed E-state index contributed by atoms with van der Waals surface area (Å²) >= 11 is 3.32. The van der Waals surface area contributed by atoms with Crippen molar-refractivity contribution in [1.82, 2.24) is 0 Å². The number of halogens is 1. The molecule has 2 N–H and O–H groups in total. The number of phenolic OH excluding ortho intramolecular Hbond substituents is 1. The summed E-state index contributed by atoms with van der Waals surface area (Å²) in [7, 11) is 0. The first-order valence-electron chi connectivity index (χ1n) is 5.90. The van der Waals surface area contributed by atoms with Crippen LogP contribution in [-0.4, -0.2) is 23.2 Å². The molecule has 4 nitrogen and oxygen atoms in total. The smallest absolute Gasteiger partial charge is 0.331 e. The number of esters is 1. The van der Waals surface area contributed by atoms with Crippen molar-refractivity contribution in [3.63, 3.8) is 0 Å². The number of ether oxygens (including phenoxy) is 1. The highest BCUT2D eigenvalue weighted by molar-refractivity contribution is 9.10. The normalized spacial score (nSPS) is 11.6. The molecule has 0 atom stereocenters. The van der Waals surface area contributed by atoms with Gasteiger partial charge in [0.2, 0.25) is 0 Å². The number of benzene rings is 1. The summed E-state index contributed by atoms with van der Waals surface area (Å²) in [6.45, 7) is 5.87. The molecule has 0 spiro atoms. The number of rotatable bonds is 4. The van der Waals surface area contributed by atoms with E-state index in [2.05, 4.69) is 21.2 Å². The third-order valence-corrected chi connectivity index (χ3v) is 2.52. The predicted molar refractivity (Wildman–Crippen MR) is 79.3 cm³/mol. The Kier molecular flexibility index (Phi) is 5.42. The van der Waals surface area contributed by atoms with E-state index >= 15 is 0 Å². The number of hydrogen-bond donors (Lipinski definition) is 2. The van der Waals surface area contributed by atoms with Crippen molar-refractivity contribution in [1.29, 1.82) is 0 Å². The van der Waals surface area contributed by atoms with Crippen LogP contribution in [0.4, 0.5) is 5.69 Å². The van der Waals surface area contributed by atoms with E-state index in [-0.39, 0.29) is 11.7 Å². The maximum absolute atomic E-state index is 11.4. The Morgan fingerprint density at radius 1 is 1.47 bits per heavy atom. The molecule has 0 aliphatic heterocycles. The van der Waals surface area contributed by atoms with Crippen molar-refractivity contribution in [2.45, 2.75) is 26.4 Å². The molecule has 0 unspecified atom stereocenters. The lowest BCUT2D eigenvalue weighted by molar-refractivity contribution is -0.148. The summed E-state index contributed by atoms with van der Waals surface area (Å²) in [5, 5.41) is 12.6. The Bertz CT molecular complexity index is 478. The lowest BCUT2D eigenvalue weighted by atomic mass is 10.2. The van der Waals surface area contributed by atoms with Gasteiger partial charge in [-0.15, -0.1) is 0 Å². The minimum Gasteiger partial charge on any atom is -0.506 e. The molecule has 0 aliphatic carbocycles. The predicted octanol–water partition coefficient (Wildman–Crippen LogP) is 3.46. The minimum atomic E-state index is -0.489. The summed E-state index contributed by atoms with van der Waals surface area (Å²) in [6, 6.07) is 5.09. The van der Waals surface area contributed by atoms with Gasteiger partial charge in [-0.2, -0.15) is 0 Å². The fraction of sp³-hybridized carbons (Fsp3) is 0.357. The first kappa shape index (κ1) is 15.6. The molecule has 0 aromatic heterocycles. The van der Waals surface area contributed by atoms with Crippen molar-refractivity contribution in [2.75, 3.05) is 11.9 Å². The summed E-state index contributed by atoms with van der Waals surface area (Å²) in [6.07, 6.45) is 3.02. The summed E-state index contributed by atoms with van der Waals surface area (Å²) in [4.78, 5) is 11.4. The van der Waals surface area contributed by atoms with Crippen molar-refractivity contribution >= 4 is 27.6 Å². The molecular formula is C14H18BrNO3. The number of aromatic hydroxyl groups is 1. The molecular weight excluding hydrogens is 310 g/mol. The van der Waals surface area contributed by atoms with Gasteiger partial charge in [0.1, 0.15) is 11.4 Å². The van der Waals surface area contributed by atoms with Crippen LogP contribution < -0.4 is 5.32 Å². The van der Waals surface area contributed by atoms with Gasteiger partial charge in [0, 0.05) is 17.1 Å². The van der Waals surface area contributed by atoms with Crippen LogP contribution >= 0.6 is 15.9 Å². The van der Waals surface area contributed by atoms with Crippen LogP contribution in [0.3, 0.4) is 0 Å². The molecule has 0 saturated carbocycles. The molecule has 5 heteroatoms. The molecule has 1 aromatic rings. The highest BCUT2D eigenvalue weighted by Gasteiger charge is 2.13. The lowest BCUT2D eigenvalue weighted by Crippen LogP contribution is -2.22. The molecule has 0 bridgehead atoms. The molecule has 0 fully saturated rings. The molecule has 0 heterocycles. The zero-order valence-corrected chi connectivity index (χ0v) is 12.8. The van der Waals surface area contributed by atoms with Gasteiger partial charge in [-0.25, -0.2) is 4.79 Å². The van der Waals surface area contributed by atoms with Crippen LogP contribution in [0.5, 0.6) is 5.75 Å². The van der Waals surface area contributed by atoms with Crippen LogP contribution in [0.15, 0.2) is 34.8 Å². The maximum atomic E-state index is 11.4. The van der Waals surface area contributed by atoms with E-state index in [4.69, 9.17) is 4.74 Å². The van der Waals surface area contributed by atoms with Crippen molar-refractivity contribution < 1.29 is 14.6 Å². The Morgan fingerprint density at radius 2 is 2.16 bits per heavy atom. The van der Waals surface area contributed by atoms with Gasteiger partial charge in [-0.05, 0) is 39.0 Å². The van der Waals surface area contributed by atoms with Gasteiger partial charge in [0.25, 0.3) is 0 Å². The fourth-order valence-electron chi connectivity index (χ4n) is 1.31. The zero-order valence-electron chi connectivity index (χ0n) is 11.2. The molecule has 0 aliphatic rings. The molecule has 0 saturated heterocycles. The van der Waals surface area contributed by atoms with Crippen LogP contribution in [0, 0.1) is 0 Å². The second-order valence-corrected chi connectivity index (χ2v) is 5.89. The molecule has 1 aromatic carbocycles. The van der Waals surface area contributed by atoms with Crippen LogP contribution in [0.2, 0.25) is 0 Å². The average molecular weight is 328 g/mol. The van der Waals surface area contributed by atoms with Gasteiger partial charge in [-0.3, -0.25) is 0 Å². The van der Waals surface area contributed by atoms with Crippen molar-refractivity contribution in [2.24, 2.45) is 0 Å². The van der Waals surface area contributed by atoms with E-state index in [1.54, 1.807) is 24.3 Å². The number of anilines is 1. The SMILES string of the molecule is CC(C)(C)OC(=O)/C=C/CNc1cc(Br)ccc1O. The Labute approximate surface area is 121 Å².